The van der Waals surface area contributed by atoms with E-state index in [9.17, 15) is 9.90 Å². The van der Waals surface area contributed by atoms with E-state index >= 15 is 0 Å². The number of carbonyl (C=O) groups is 1. The quantitative estimate of drug-likeness (QED) is 0.155. The zero-order valence-corrected chi connectivity index (χ0v) is 23.4. The maximum atomic E-state index is 11.8. The molecule has 0 fully saturated rings. The smallest absolute Gasteiger partial charge is 0.348 e. The number of methoxy groups -OCH3 is 1. The van der Waals surface area contributed by atoms with E-state index in [1.807, 2.05) is 30.3 Å². The summed E-state index contributed by atoms with van der Waals surface area (Å²) in [5.74, 6) is 7.08. The first-order chi connectivity index (χ1) is 18.6. The molecule has 198 valence electrons. The van der Waals surface area contributed by atoms with Crippen molar-refractivity contribution in [1.29, 1.82) is 0 Å². The van der Waals surface area contributed by atoms with Crippen molar-refractivity contribution in [1.82, 2.24) is 0 Å². The maximum Gasteiger partial charge on any atom is 0.348 e. The van der Waals surface area contributed by atoms with Crippen LogP contribution in [0.2, 0.25) is 0 Å². The third-order valence-electron chi connectivity index (χ3n) is 7.32. The Morgan fingerprint density at radius 2 is 1.82 bits per heavy atom. The summed E-state index contributed by atoms with van der Waals surface area (Å²) in [5.41, 5.74) is 5.85. The fraction of sp³-hybridized carbons (Fsp3) is 0.382. The van der Waals surface area contributed by atoms with Crippen LogP contribution in [0.5, 0.6) is 0 Å². The summed E-state index contributed by atoms with van der Waals surface area (Å²) in [6.45, 7) is 2.19. The molecule has 0 aliphatic heterocycles. The van der Waals surface area contributed by atoms with Crippen molar-refractivity contribution in [2.24, 2.45) is 5.92 Å². The molecule has 1 aliphatic rings. The van der Waals surface area contributed by atoms with E-state index in [-0.39, 0.29) is 5.97 Å². The molecular weight excluding hydrogens is 488 g/mol. The third kappa shape index (κ3) is 7.47. The van der Waals surface area contributed by atoms with Gasteiger partial charge in [-0.1, -0.05) is 80.5 Å². The second-order valence-electron chi connectivity index (χ2n) is 10.0. The monoisotopic (exact) mass is 526 g/mol. The summed E-state index contributed by atoms with van der Waals surface area (Å²) in [7, 11) is 1.42. The van der Waals surface area contributed by atoms with Crippen molar-refractivity contribution in [2.75, 3.05) is 7.11 Å². The molecule has 3 aromatic rings. The molecule has 1 aromatic heterocycles. The number of allylic oxidation sites excluding steroid dienone is 2. The van der Waals surface area contributed by atoms with E-state index < -0.39 is 6.10 Å². The van der Waals surface area contributed by atoms with Crippen LogP contribution >= 0.6 is 11.3 Å². The highest BCUT2D eigenvalue weighted by atomic mass is 32.1. The normalized spacial score (nSPS) is 15.7. The predicted octanol–water partition coefficient (Wildman–Crippen LogP) is 8.39. The highest BCUT2D eigenvalue weighted by Gasteiger charge is 2.26. The zero-order chi connectivity index (χ0) is 26.7. The van der Waals surface area contributed by atoms with Crippen molar-refractivity contribution in [3.8, 4) is 11.8 Å². The van der Waals surface area contributed by atoms with Crippen LogP contribution in [0.25, 0.3) is 5.57 Å². The van der Waals surface area contributed by atoms with Gasteiger partial charge in [0.05, 0.1) is 13.2 Å². The minimum atomic E-state index is -0.401. The van der Waals surface area contributed by atoms with E-state index in [2.05, 4.69) is 55.2 Å². The van der Waals surface area contributed by atoms with Gasteiger partial charge in [-0.2, -0.15) is 0 Å². The van der Waals surface area contributed by atoms with Crippen LogP contribution in [0.1, 0.15) is 95.6 Å². The van der Waals surface area contributed by atoms with Gasteiger partial charge in [0.2, 0.25) is 0 Å². The zero-order valence-electron chi connectivity index (χ0n) is 22.5. The van der Waals surface area contributed by atoms with E-state index in [4.69, 9.17) is 4.74 Å². The average molecular weight is 527 g/mol. The Morgan fingerprint density at radius 3 is 2.55 bits per heavy atom. The first kappa shape index (κ1) is 27.9. The first-order valence-corrected chi connectivity index (χ1v) is 14.7. The van der Waals surface area contributed by atoms with Gasteiger partial charge in [0.1, 0.15) is 4.88 Å². The number of aliphatic hydroxyl groups excluding tert-OH is 1. The number of aliphatic hydroxyl groups is 1. The lowest BCUT2D eigenvalue weighted by molar-refractivity contribution is 0.0606. The number of hydrogen-bond donors (Lipinski definition) is 1. The standard InChI is InChI=1S/C34H38O3S/c1-3-4-6-14-31(35)26-17-19-29(20-18-26)33-27(12-9-13-30-23-24-32(38-30)34(36)37-2)21-22-28(33)16-15-25-10-7-5-8-11-25/h5,7-8,10-11,17-20,23-24,27,31,35H,3-4,6,9,12-14,21-22H2,1-2H3/t27-,31?/m0/s1. The molecule has 0 saturated heterocycles. The molecule has 0 spiro atoms. The van der Waals surface area contributed by atoms with E-state index in [0.717, 1.165) is 68.9 Å². The summed E-state index contributed by atoms with van der Waals surface area (Å²) in [4.78, 5) is 13.7. The maximum absolute atomic E-state index is 11.8. The molecule has 4 rings (SSSR count). The second-order valence-corrected chi connectivity index (χ2v) is 11.2. The molecule has 0 bridgehead atoms. The van der Waals surface area contributed by atoms with Crippen molar-refractivity contribution in [3.05, 3.63) is 98.7 Å². The number of unbranched alkanes of at least 4 members (excludes halogenated alkanes) is 2. The molecule has 1 unspecified atom stereocenters. The largest absolute Gasteiger partial charge is 0.465 e. The van der Waals surface area contributed by atoms with E-state index in [1.54, 1.807) is 0 Å². The minimum Gasteiger partial charge on any atom is -0.465 e. The fourth-order valence-corrected chi connectivity index (χ4v) is 6.19. The lowest BCUT2D eigenvalue weighted by Gasteiger charge is -2.17. The summed E-state index contributed by atoms with van der Waals surface area (Å²) >= 11 is 1.53. The number of aryl methyl sites for hydroxylation is 1. The molecular formula is C34H38O3S. The Labute approximate surface area is 231 Å². The average Bonchev–Trinajstić information content (AvgIpc) is 3.59. The number of benzene rings is 2. The van der Waals surface area contributed by atoms with Gasteiger partial charge in [0, 0.05) is 16.0 Å². The van der Waals surface area contributed by atoms with Crippen LogP contribution in [0.3, 0.4) is 0 Å². The molecule has 2 atom stereocenters. The number of carbonyl (C=O) groups excluding carboxylic acids is 1. The Hall–Kier alpha value is -3.13. The van der Waals surface area contributed by atoms with Gasteiger partial charge < -0.3 is 9.84 Å². The van der Waals surface area contributed by atoms with Gasteiger partial charge in [0.25, 0.3) is 0 Å². The molecule has 0 radical (unpaired) electrons. The molecule has 1 heterocycles. The van der Waals surface area contributed by atoms with Crippen LogP contribution in [-0.4, -0.2) is 18.2 Å². The number of rotatable bonds is 11. The lowest BCUT2D eigenvalue weighted by atomic mass is 9.88. The number of hydrogen-bond acceptors (Lipinski definition) is 4. The summed E-state index contributed by atoms with van der Waals surface area (Å²) in [5, 5.41) is 10.6. The van der Waals surface area contributed by atoms with Gasteiger partial charge in [0.15, 0.2) is 0 Å². The highest BCUT2D eigenvalue weighted by Crippen LogP contribution is 2.42. The van der Waals surface area contributed by atoms with Gasteiger partial charge in [-0.25, -0.2) is 4.79 Å². The fourth-order valence-electron chi connectivity index (χ4n) is 5.23. The van der Waals surface area contributed by atoms with Crippen molar-refractivity contribution in [2.45, 2.75) is 70.8 Å². The number of thiophene rings is 1. The third-order valence-corrected chi connectivity index (χ3v) is 8.44. The Balaban J connectivity index is 1.51. The van der Waals surface area contributed by atoms with E-state index in [1.165, 1.54) is 40.0 Å². The molecule has 4 heteroatoms. The van der Waals surface area contributed by atoms with Crippen molar-refractivity contribution < 1.29 is 14.6 Å². The first-order valence-electron chi connectivity index (χ1n) is 13.8. The molecule has 0 saturated carbocycles. The Bertz CT molecular complexity index is 1270. The predicted molar refractivity (Wildman–Crippen MR) is 157 cm³/mol. The molecule has 1 aliphatic carbocycles. The van der Waals surface area contributed by atoms with Crippen molar-refractivity contribution in [3.63, 3.8) is 0 Å². The topological polar surface area (TPSA) is 46.5 Å². The van der Waals surface area contributed by atoms with E-state index in [0.29, 0.717) is 10.8 Å². The van der Waals surface area contributed by atoms with Crippen LogP contribution in [0.15, 0.2) is 72.3 Å². The van der Waals surface area contributed by atoms with Gasteiger partial charge in [-0.3, -0.25) is 0 Å². The highest BCUT2D eigenvalue weighted by molar-refractivity contribution is 7.13. The van der Waals surface area contributed by atoms with Crippen LogP contribution < -0.4 is 0 Å². The number of esters is 1. The van der Waals surface area contributed by atoms with Crippen LogP contribution in [0, 0.1) is 17.8 Å². The van der Waals surface area contributed by atoms with Crippen LogP contribution in [-0.2, 0) is 11.2 Å². The molecule has 2 aromatic carbocycles. The minimum absolute atomic E-state index is 0.261. The Kier molecular flexibility index (Phi) is 10.4. The second kappa shape index (κ2) is 14.1. The van der Waals surface area contributed by atoms with Crippen molar-refractivity contribution >= 4 is 22.9 Å². The van der Waals surface area contributed by atoms with Gasteiger partial charge >= 0.3 is 5.97 Å². The summed E-state index contributed by atoms with van der Waals surface area (Å²) in [6, 6.07) is 22.6. The molecule has 0 amide bonds. The lowest BCUT2D eigenvalue weighted by Crippen LogP contribution is -2.02. The number of ether oxygens (including phenoxy) is 1. The van der Waals surface area contributed by atoms with Gasteiger partial charge in [-0.05, 0) is 85.4 Å². The van der Waals surface area contributed by atoms with Crippen LogP contribution in [0.4, 0.5) is 0 Å². The summed E-state index contributed by atoms with van der Waals surface area (Å²) < 4.78 is 4.85. The Morgan fingerprint density at radius 1 is 1.03 bits per heavy atom. The molecule has 3 nitrogen and oxygen atoms in total. The molecule has 1 N–H and O–H groups in total. The molecule has 38 heavy (non-hydrogen) atoms. The summed E-state index contributed by atoms with van der Waals surface area (Å²) in [6.07, 6.45) is 8.97. The van der Waals surface area contributed by atoms with Gasteiger partial charge in [-0.15, -0.1) is 11.3 Å². The SMILES string of the molecule is CCCCCC(O)c1ccc(C2=C(C#Cc3ccccc3)CC[C@@H]2CCCc2ccc(C(=O)OC)s2)cc1.